The molecule has 2 aliphatic heterocycles. The minimum absolute atomic E-state index is 0.171. The van der Waals surface area contributed by atoms with Gasteiger partial charge in [0.1, 0.15) is 24.7 Å². The van der Waals surface area contributed by atoms with E-state index in [0.29, 0.717) is 23.2 Å². The molecule has 2 aliphatic carbocycles. The average Bonchev–Trinajstić information content (AvgIpc) is 3.22. The zero-order valence-corrected chi connectivity index (χ0v) is 34.3. The third-order valence-electron chi connectivity index (χ3n) is 12.3. The minimum Gasteiger partial charge on any atom is -0.367 e. The fourth-order valence-electron chi connectivity index (χ4n) is 8.73. The maximum Gasteiger partial charge on any atom is 0.405 e. The summed E-state index contributed by atoms with van der Waals surface area (Å²) in [6.07, 6.45) is 2.33. The van der Waals surface area contributed by atoms with Gasteiger partial charge in [-0.15, -0.1) is 0 Å². The largest absolute Gasteiger partial charge is 0.405 e. The molecule has 60 heavy (non-hydrogen) atoms. The van der Waals surface area contributed by atoms with Gasteiger partial charge < -0.3 is 20.4 Å². The maximum atomic E-state index is 13.9. The van der Waals surface area contributed by atoms with Crippen LogP contribution in [0.4, 0.5) is 46.5 Å². The number of hydrogen-bond donors (Lipinski definition) is 2. The first-order valence-corrected chi connectivity index (χ1v) is 21.4. The third-order valence-corrected chi connectivity index (χ3v) is 12.3. The summed E-state index contributed by atoms with van der Waals surface area (Å²) in [7, 11) is 0. The molecular formula is C44H60F8N6O2. The van der Waals surface area contributed by atoms with Crippen LogP contribution in [-0.2, 0) is 9.59 Å². The lowest BCUT2D eigenvalue weighted by Crippen LogP contribution is -2.47. The summed E-state index contributed by atoms with van der Waals surface area (Å²) in [4.78, 5) is 32.3. The van der Waals surface area contributed by atoms with Crippen molar-refractivity contribution in [1.82, 2.24) is 20.4 Å². The lowest BCUT2D eigenvalue weighted by atomic mass is 9.79. The Morgan fingerprint density at radius 2 is 1.00 bits per heavy atom. The van der Waals surface area contributed by atoms with Crippen LogP contribution in [0.1, 0.15) is 70.6 Å². The molecule has 0 aromatic heterocycles. The molecule has 0 unspecified atom stereocenters. The number of nitrogens with one attached hydrogen (secondary N) is 2. The molecule has 2 aromatic rings. The lowest BCUT2D eigenvalue weighted by molar-refractivity contribution is -0.139. The van der Waals surface area contributed by atoms with Gasteiger partial charge in [-0.25, -0.2) is 8.78 Å². The van der Waals surface area contributed by atoms with Crippen molar-refractivity contribution < 1.29 is 44.7 Å². The topological polar surface area (TPSA) is 71.2 Å². The monoisotopic (exact) mass is 856 g/mol. The second kappa shape index (κ2) is 22.8. The predicted octanol–water partition coefficient (Wildman–Crippen LogP) is 8.35. The number of para-hydroxylation sites is 2. The van der Waals surface area contributed by atoms with Crippen LogP contribution in [0.2, 0.25) is 0 Å². The van der Waals surface area contributed by atoms with Gasteiger partial charge in [0.2, 0.25) is 11.8 Å². The summed E-state index contributed by atoms with van der Waals surface area (Å²) >= 11 is 0. The first-order valence-electron chi connectivity index (χ1n) is 21.4. The highest BCUT2D eigenvalue weighted by atomic mass is 19.4. The van der Waals surface area contributed by atoms with Gasteiger partial charge in [-0.3, -0.25) is 19.4 Å². The van der Waals surface area contributed by atoms with Gasteiger partial charge in [-0.1, -0.05) is 42.7 Å². The second-order valence-corrected chi connectivity index (χ2v) is 16.7. The fourth-order valence-corrected chi connectivity index (χ4v) is 8.73. The molecule has 2 aromatic carbocycles. The van der Waals surface area contributed by atoms with Crippen LogP contribution in [0, 0.1) is 29.4 Å². The number of carbonyl (C=O) groups is 2. The van der Waals surface area contributed by atoms with E-state index in [9.17, 15) is 44.7 Å². The summed E-state index contributed by atoms with van der Waals surface area (Å²) in [6.45, 7) is 6.41. The summed E-state index contributed by atoms with van der Waals surface area (Å²) in [5.41, 5.74) is 2.28. The van der Waals surface area contributed by atoms with Crippen molar-refractivity contribution in [2.45, 2.75) is 83.0 Å². The van der Waals surface area contributed by atoms with E-state index in [1.54, 1.807) is 12.1 Å². The van der Waals surface area contributed by atoms with E-state index in [2.05, 4.69) is 19.6 Å². The quantitative estimate of drug-likeness (QED) is 0.156. The van der Waals surface area contributed by atoms with Crippen LogP contribution in [0.15, 0.2) is 60.2 Å². The molecule has 2 N–H and O–H groups in total. The molecular weight excluding hydrogens is 797 g/mol. The first kappa shape index (κ1) is 47.1. The fraction of sp³-hybridized carbons (Fsp3) is 0.636. The van der Waals surface area contributed by atoms with Crippen LogP contribution < -0.4 is 20.4 Å². The molecule has 2 amide bonds. The molecule has 16 heteroatoms. The average molecular weight is 857 g/mol. The highest BCUT2D eigenvalue weighted by Crippen LogP contribution is 2.34. The Hall–Kier alpha value is -3.92. The normalized spacial score (nSPS) is 22.1. The van der Waals surface area contributed by atoms with Crippen LogP contribution in [0.5, 0.6) is 0 Å². The smallest absolute Gasteiger partial charge is 0.367 e. The van der Waals surface area contributed by atoms with Crippen LogP contribution in [0.3, 0.4) is 0 Å². The molecule has 2 heterocycles. The molecule has 0 radical (unpaired) electrons. The van der Waals surface area contributed by atoms with Crippen molar-refractivity contribution in [3.8, 4) is 0 Å². The van der Waals surface area contributed by atoms with Gasteiger partial charge in [0.15, 0.2) is 0 Å². The zero-order valence-electron chi connectivity index (χ0n) is 34.3. The number of rotatable bonds is 13. The number of hydrogen-bond acceptors (Lipinski definition) is 6. The van der Waals surface area contributed by atoms with E-state index in [1.807, 2.05) is 34.9 Å². The van der Waals surface area contributed by atoms with Gasteiger partial charge in [-0.05, 0) is 106 Å². The van der Waals surface area contributed by atoms with Crippen molar-refractivity contribution in [2.24, 2.45) is 17.8 Å². The first-order chi connectivity index (χ1) is 28.6. The SMILES string of the molecule is O=C(C=C1CCC(CCN2CCN(c3ccccc3F)CC2)CC1)NCC(F)(F)F.O=C(CC1CCC(CCN2CCN(c3ccccc3F)CC2)CC1)NCC(F)(F)F. The Bertz CT molecular complexity index is 1660. The number of benzene rings is 2. The number of nitrogens with zero attached hydrogens (tertiary/aromatic N) is 4. The Labute approximate surface area is 348 Å². The van der Waals surface area contributed by atoms with Gasteiger partial charge in [0.05, 0.1) is 11.4 Å². The van der Waals surface area contributed by atoms with E-state index in [4.69, 9.17) is 0 Å². The maximum absolute atomic E-state index is 13.9. The van der Waals surface area contributed by atoms with Gasteiger partial charge in [0.25, 0.3) is 0 Å². The number of piperazine rings is 2. The molecule has 0 spiro atoms. The lowest BCUT2D eigenvalue weighted by Gasteiger charge is -2.37. The number of halogens is 8. The molecule has 2 saturated heterocycles. The van der Waals surface area contributed by atoms with Gasteiger partial charge in [-0.2, -0.15) is 26.3 Å². The highest BCUT2D eigenvalue weighted by molar-refractivity contribution is 5.88. The standard InChI is InChI=1S/C22H31F4N3O.C22H29F4N3O/c2*23-19-3-1-2-4-20(19)29-13-11-28(12-14-29)10-9-17-5-7-18(8-6-17)15-21(30)27-16-22(24,25)26/h1-4,17-18H,5-16H2,(H,27,30);1-4,15,17H,5-14,16H2,(H,27,30). The number of alkyl halides is 6. The Morgan fingerprint density at radius 3 is 1.45 bits per heavy atom. The summed E-state index contributed by atoms with van der Waals surface area (Å²) < 4.78 is 101. The number of allylic oxidation sites excluding steroid dienone is 1. The molecule has 2 saturated carbocycles. The molecule has 6 rings (SSSR count). The molecule has 0 atom stereocenters. The van der Waals surface area contributed by atoms with E-state index >= 15 is 0 Å². The zero-order chi connectivity index (χ0) is 43.1. The Kier molecular flexibility index (Phi) is 17.9. The molecule has 8 nitrogen and oxygen atoms in total. The van der Waals surface area contributed by atoms with Gasteiger partial charge in [0, 0.05) is 64.9 Å². The van der Waals surface area contributed by atoms with Crippen molar-refractivity contribution in [3.05, 3.63) is 71.8 Å². The summed E-state index contributed by atoms with van der Waals surface area (Å²) in [5.74, 6) is -0.122. The van der Waals surface area contributed by atoms with E-state index in [1.165, 1.54) is 18.2 Å². The summed E-state index contributed by atoms with van der Waals surface area (Å²) in [5, 5.41) is 3.86. The van der Waals surface area contributed by atoms with Crippen molar-refractivity contribution >= 4 is 23.2 Å². The number of anilines is 2. The van der Waals surface area contributed by atoms with Gasteiger partial charge >= 0.3 is 12.4 Å². The summed E-state index contributed by atoms with van der Waals surface area (Å²) in [6, 6.07) is 13.8. The number of amides is 2. The van der Waals surface area contributed by atoms with E-state index < -0.39 is 37.3 Å². The van der Waals surface area contributed by atoms with E-state index in [-0.39, 0.29) is 24.0 Å². The predicted molar refractivity (Wildman–Crippen MR) is 218 cm³/mol. The van der Waals surface area contributed by atoms with E-state index in [0.717, 1.165) is 135 Å². The Balaban J connectivity index is 0.000000228. The van der Waals surface area contributed by atoms with Crippen LogP contribution in [-0.4, -0.2) is 113 Å². The Morgan fingerprint density at radius 1 is 0.583 bits per heavy atom. The second-order valence-electron chi connectivity index (χ2n) is 16.7. The van der Waals surface area contributed by atoms with Crippen LogP contribution >= 0.6 is 0 Å². The number of carbonyl (C=O) groups excluding carboxylic acids is 2. The molecule has 0 bridgehead atoms. The molecule has 4 aliphatic rings. The third kappa shape index (κ3) is 16.5. The van der Waals surface area contributed by atoms with Crippen molar-refractivity contribution in [2.75, 3.05) is 88.3 Å². The van der Waals surface area contributed by atoms with Crippen LogP contribution in [0.25, 0.3) is 0 Å². The molecule has 334 valence electrons. The highest BCUT2D eigenvalue weighted by Gasteiger charge is 2.30. The van der Waals surface area contributed by atoms with Crippen molar-refractivity contribution in [1.29, 1.82) is 0 Å². The van der Waals surface area contributed by atoms with Crippen molar-refractivity contribution in [3.63, 3.8) is 0 Å². The minimum atomic E-state index is -4.38. The molecule has 4 fully saturated rings.